The largest absolute Gasteiger partial charge is 0.300 e. The number of aromatic amines is 1. The zero-order valence-corrected chi connectivity index (χ0v) is 14.6. The van der Waals surface area contributed by atoms with Gasteiger partial charge in [-0.1, -0.05) is 12.5 Å². The second kappa shape index (κ2) is 5.97. The minimum absolute atomic E-state index is 0.673. The monoisotopic (exact) mass is 338 g/mol. The van der Waals surface area contributed by atoms with Gasteiger partial charge >= 0.3 is 0 Å². The van der Waals surface area contributed by atoms with Crippen LogP contribution >= 0.6 is 11.3 Å². The topological polar surface area (TPSA) is 44.8 Å². The molecule has 124 valence electrons. The van der Waals surface area contributed by atoms with Gasteiger partial charge in [0.1, 0.15) is 0 Å². The molecule has 1 aliphatic heterocycles. The molecule has 1 aromatic carbocycles. The Hall–Kier alpha value is -1.72. The van der Waals surface area contributed by atoms with Crippen molar-refractivity contribution in [3.05, 3.63) is 35.6 Å². The molecule has 2 aromatic heterocycles. The van der Waals surface area contributed by atoms with Crippen LogP contribution in [-0.2, 0) is 0 Å². The van der Waals surface area contributed by atoms with Crippen molar-refractivity contribution in [2.24, 2.45) is 0 Å². The predicted octanol–water partition coefficient (Wildman–Crippen LogP) is 4.42. The first-order chi connectivity index (χ1) is 11.9. The van der Waals surface area contributed by atoms with Crippen molar-refractivity contribution in [1.82, 2.24) is 20.1 Å². The molecule has 0 bridgehead atoms. The fraction of sp³-hybridized carbons (Fsp3) is 0.474. The van der Waals surface area contributed by atoms with Crippen molar-refractivity contribution < 1.29 is 0 Å². The molecule has 0 radical (unpaired) electrons. The standard InChI is InChI=1S/C19H22N4S/c1-2-6-23(7-3-1)16-8-14(9-16)19-22-17-5-4-13(10-18(17)24-19)15-11-20-21-12-15/h4-5,10-12,14,16H,1-3,6-9H2,(H,20,21)/t14-,16-. The van der Waals surface area contributed by atoms with E-state index in [0.29, 0.717) is 5.92 Å². The third-order valence-electron chi connectivity index (χ3n) is 5.61. The van der Waals surface area contributed by atoms with Gasteiger partial charge in [0, 0.05) is 23.7 Å². The number of rotatable bonds is 3. The molecule has 0 spiro atoms. The van der Waals surface area contributed by atoms with Crippen molar-refractivity contribution >= 4 is 21.6 Å². The fourth-order valence-electron chi connectivity index (χ4n) is 4.08. The summed E-state index contributed by atoms with van der Waals surface area (Å²) in [6.45, 7) is 2.62. The summed E-state index contributed by atoms with van der Waals surface area (Å²) in [5.74, 6) is 0.673. The highest BCUT2D eigenvalue weighted by Gasteiger charge is 2.36. The van der Waals surface area contributed by atoms with Crippen LogP contribution in [0.3, 0.4) is 0 Å². The molecule has 0 unspecified atom stereocenters. The summed E-state index contributed by atoms with van der Waals surface area (Å²) >= 11 is 1.88. The van der Waals surface area contributed by atoms with E-state index in [2.05, 4.69) is 33.3 Å². The maximum atomic E-state index is 4.91. The molecule has 0 atom stereocenters. The molecule has 3 heterocycles. The summed E-state index contributed by atoms with van der Waals surface area (Å²) in [5, 5.41) is 8.27. The van der Waals surface area contributed by atoms with Gasteiger partial charge in [0.25, 0.3) is 0 Å². The number of benzene rings is 1. The number of H-pyrrole nitrogens is 1. The number of nitrogens with one attached hydrogen (secondary N) is 1. The lowest BCUT2D eigenvalue weighted by Crippen LogP contribution is -2.46. The average molecular weight is 338 g/mol. The van der Waals surface area contributed by atoms with Crippen LogP contribution in [0.25, 0.3) is 21.3 Å². The number of thiazole rings is 1. The maximum Gasteiger partial charge on any atom is 0.0970 e. The average Bonchev–Trinajstić information content (AvgIpc) is 3.23. The van der Waals surface area contributed by atoms with E-state index in [1.54, 1.807) is 0 Å². The minimum Gasteiger partial charge on any atom is -0.300 e. The van der Waals surface area contributed by atoms with Crippen LogP contribution in [0.4, 0.5) is 0 Å². The SMILES string of the molecule is c1cc2nc([C@H]3C[C@H](N4CCCCC4)C3)sc2cc1-c1cn[nH]c1. The number of nitrogens with zero attached hydrogens (tertiary/aromatic N) is 3. The lowest BCUT2D eigenvalue weighted by Gasteiger charge is -2.43. The first-order valence-electron chi connectivity index (χ1n) is 9.00. The van der Waals surface area contributed by atoms with E-state index in [4.69, 9.17) is 4.98 Å². The number of piperidine rings is 1. The van der Waals surface area contributed by atoms with Crippen molar-refractivity contribution in [3.8, 4) is 11.1 Å². The Morgan fingerprint density at radius 1 is 1.08 bits per heavy atom. The first-order valence-corrected chi connectivity index (χ1v) is 9.82. The molecule has 0 amide bonds. The molecule has 3 aromatic rings. The lowest BCUT2D eigenvalue weighted by molar-refractivity contribution is 0.0888. The van der Waals surface area contributed by atoms with Crippen molar-refractivity contribution in [2.75, 3.05) is 13.1 Å². The summed E-state index contributed by atoms with van der Waals surface area (Å²) in [4.78, 5) is 7.63. The van der Waals surface area contributed by atoms with Gasteiger partial charge in [-0.3, -0.25) is 5.10 Å². The van der Waals surface area contributed by atoms with Crippen molar-refractivity contribution in [3.63, 3.8) is 0 Å². The number of fused-ring (bicyclic) bond motifs is 1. The molecule has 2 aliphatic rings. The lowest BCUT2D eigenvalue weighted by atomic mass is 9.79. The van der Waals surface area contributed by atoms with Crippen molar-refractivity contribution in [1.29, 1.82) is 0 Å². The predicted molar refractivity (Wildman–Crippen MR) is 98.4 cm³/mol. The second-order valence-electron chi connectivity index (χ2n) is 7.14. The molecule has 24 heavy (non-hydrogen) atoms. The molecule has 5 rings (SSSR count). The molecule has 1 saturated carbocycles. The molecular weight excluding hydrogens is 316 g/mol. The highest BCUT2D eigenvalue weighted by Crippen LogP contribution is 2.43. The second-order valence-corrected chi connectivity index (χ2v) is 8.20. The summed E-state index contributed by atoms with van der Waals surface area (Å²) < 4.78 is 1.30. The van der Waals surface area contributed by atoms with E-state index in [1.807, 2.05) is 23.7 Å². The molecule has 1 N–H and O–H groups in total. The Bertz CT molecular complexity index is 826. The Morgan fingerprint density at radius 3 is 2.75 bits per heavy atom. The first kappa shape index (κ1) is 14.6. The van der Waals surface area contributed by atoms with Gasteiger partial charge in [0.05, 0.1) is 21.4 Å². The molecular formula is C19H22N4S. The van der Waals surface area contributed by atoms with Gasteiger partial charge < -0.3 is 4.90 Å². The Kier molecular flexibility index (Phi) is 3.64. The van der Waals surface area contributed by atoms with E-state index in [0.717, 1.165) is 17.1 Å². The van der Waals surface area contributed by atoms with Gasteiger partial charge in [-0.15, -0.1) is 11.3 Å². The van der Waals surface area contributed by atoms with Gasteiger partial charge in [0.15, 0.2) is 0 Å². The van der Waals surface area contributed by atoms with Gasteiger partial charge in [-0.05, 0) is 56.5 Å². The Labute approximate surface area is 145 Å². The fourth-order valence-corrected chi connectivity index (χ4v) is 5.21. The number of hydrogen-bond acceptors (Lipinski definition) is 4. The normalized spacial score (nSPS) is 25.0. The van der Waals surface area contributed by atoms with Crippen LogP contribution < -0.4 is 0 Å². The van der Waals surface area contributed by atoms with Gasteiger partial charge in [0.2, 0.25) is 0 Å². The summed E-state index contributed by atoms with van der Waals surface area (Å²) in [7, 11) is 0. The maximum absolute atomic E-state index is 4.91. The highest BCUT2D eigenvalue weighted by atomic mass is 32.1. The van der Waals surface area contributed by atoms with Crippen LogP contribution in [0.15, 0.2) is 30.6 Å². The quantitative estimate of drug-likeness (QED) is 0.769. The Balaban J connectivity index is 1.33. The van der Waals surface area contributed by atoms with E-state index in [1.165, 1.54) is 60.5 Å². The van der Waals surface area contributed by atoms with Crippen LogP contribution in [-0.4, -0.2) is 39.2 Å². The number of aromatic nitrogens is 3. The van der Waals surface area contributed by atoms with Crippen molar-refractivity contribution in [2.45, 2.75) is 44.1 Å². The zero-order chi connectivity index (χ0) is 15.9. The smallest absolute Gasteiger partial charge is 0.0970 e. The third-order valence-corrected chi connectivity index (χ3v) is 6.79. The van der Waals surface area contributed by atoms with Gasteiger partial charge in [-0.2, -0.15) is 5.10 Å². The zero-order valence-electron chi connectivity index (χ0n) is 13.7. The molecule has 2 fully saturated rings. The molecule has 4 nitrogen and oxygen atoms in total. The van der Waals surface area contributed by atoms with Crippen LogP contribution in [0.1, 0.15) is 43.0 Å². The summed E-state index contributed by atoms with van der Waals surface area (Å²) in [6.07, 6.45) is 10.6. The summed E-state index contributed by atoms with van der Waals surface area (Å²) in [5.41, 5.74) is 3.50. The molecule has 1 aliphatic carbocycles. The van der Waals surface area contributed by atoms with Crippen LogP contribution in [0, 0.1) is 0 Å². The van der Waals surface area contributed by atoms with Crippen LogP contribution in [0.2, 0.25) is 0 Å². The van der Waals surface area contributed by atoms with E-state index >= 15 is 0 Å². The Morgan fingerprint density at radius 2 is 1.96 bits per heavy atom. The van der Waals surface area contributed by atoms with E-state index < -0.39 is 0 Å². The third kappa shape index (κ3) is 2.56. The number of hydrogen-bond donors (Lipinski definition) is 1. The minimum atomic E-state index is 0.673. The van der Waals surface area contributed by atoms with E-state index in [-0.39, 0.29) is 0 Å². The highest BCUT2D eigenvalue weighted by molar-refractivity contribution is 7.18. The number of likely N-dealkylation sites (tertiary alicyclic amines) is 1. The van der Waals surface area contributed by atoms with Gasteiger partial charge in [-0.25, -0.2) is 4.98 Å². The van der Waals surface area contributed by atoms with E-state index in [9.17, 15) is 0 Å². The van der Waals surface area contributed by atoms with Crippen LogP contribution in [0.5, 0.6) is 0 Å². The summed E-state index contributed by atoms with van der Waals surface area (Å²) in [6, 6.07) is 7.36. The molecule has 1 saturated heterocycles. The molecule has 5 heteroatoms.